The first kappa shape index (κ1) is 12.4. The summed E-state index contributed by atoms with van der Waals surface area (Å²) in [4.78, 5) is 24.9. The number of carboxylic acids is 1. The highest BCUT2D eigenvalue weighted by molar-refractivity contribution is 5.87. The zero-order valence-electron chi connectivity index (χ0n) is 10.1. The van der Waals surface area contributed by atoms with Gasteiger partial charge in [0, 0.05) is 6.04 Å². The Morgan fingerprint density at radius 3 is 2.59 bits per heavy atom. The van der Waals surface area contributed by atoms with Crippen LogP contribution < -0.4 is 5.73 Å². The van der Waals surface area contributed by atoms with Gasteiger partial charge in [0.2, 0.25) is 5.91 Å². The largest absolute Gasteiger partial charge is 0.480 e. The molecule has 1 saturated heterocycles. The van der Waals surface area contributed by atoms with E-state index in [4.69, 9.17) is 5.73 Å². The smallest absolute Gasteiger partial charge is 0.326 e. The number of nitrogens with two attached hydrogens (primary N) is 1. The van der Waals surface area contributed by atoms with Crippen LogP contribution in [0.4, 0.5) is 0 Å². The highest BCUT2D eigenvalue weighted by atomic mass is 16.4. The number of carbonyl (C=O) groups is 2. The molecule has 0 aromatic carbocycles. The standard InChI is InChI=1S/C12H20N2O3/c1-7(13)11(15)14-9-5-3-2-4-8(9)6-10(14)12(16)17/h7-10H,2-6,13H2,1H3,(H,16,17)/t7-,8?,9?,10?/m0/s1. The van der Waals surface area contributed by atoms with E-state index in [9.17, 15) is 14.7 Å². The molecule has 0 aromatic rings. The van der Waals surface area contributed by atoms with Crippen LogP contribution in [0.3, 0.4) is 0 Å². The number of hydrogen-bond donors (Lipinski definition) is 2. The molecule has 1 heterocycles. The van der Waals surface area contributed by atoms with E-state index >= 15 is 0 Å². The summed E-state index contributed by atoms with van der Waals surface area (Å²) in [6, 6.07) is -1.18. The van der Waals surface area contributed by atoms with Gasteiger partial charge in [0.25, 0.3) is 0 Å². The number of likely N-dealkylation sites (tertiary alicyclic amines) is 1. The van der Waals surface area contributed by atoms with Gasteiger partial charge >= 0.3 is 5.97 Å². The van der Waals surface area contributed by atoms with Gasteiger partial charge in [0.05, 0.1) is 6.04 Å². The van der Waals surface area contributed by atoms with Crippen molar-refractivity contribution in [1.82, 2.24) is 4.90 Å². The number of carboxylic acid groups (broad SMARTS) is 1. The molecule has 4 atom stereocenters. The molecule has 3 N–H and O–H groups in total. The number of fused-ring (bicyclic) bond motifs is 1. The molecule has 0 bridgehead atoms. The van der Waals surface area contributed by atoms with Crippen molar-refractivity contribution in [2.75, 3.05) is 0 Å². The van der Waals surface area contributed by atoms with E-state index in [2.05, 4.69) is 0 Å². The molecule has 3 unspecified atom stereocenters. The van der Waals surface area contributed by atoms with E-state index in [0.717, 1.165) is 25.7 Å². The Kier molecular flexibility index (Phi) is 3.38. The van der Waals surface area contributed by atoms with Crippen molar-refractivity contribution in [3.05, 3.63) is 0 Å². The summed E-state index contributed by atoms with van der Waals surface area (Å²) in [7, 11) is 0. The third kappa shape index (κ3) is 2.16. The van der Waals surface area contributed by atoms with Crippen molar-refractivity contribution in [3.8, 4) is 0 Å². The number of nitrogens with zero attached hydrogens (tertiary/aromatic N) is 1. The van der Waals surface area contributed by atoms with Gasteiger partial charge < -0.3 is 15.7 Å². The molecule has 1 aliphatic heterocycles. The van der Waals surface area contributed by atoms with Gasteiger partial charge in [-0.25, -0.2) is 4.79 Å². The van der Waals surface area contributed by atoms with Crippen molar-refractivity contribution in [2.24, 2.45) is 11.7 Å². The van der Waals surface area contributed by atoms with E-state index < -0.39 is 18.1 Å². The second-order valence-corrected chi connectivity index (χ2v) is 5.24. The Balaban J connectivity index is 2.23. The number of carbonyl (C=O) groups excluding carboxylic acids is 1. The van der Waals surface area contributed by atoms with E-state index in [0.29, 0.717) is 12.3 Å². The van der Waals surface area contributed by atoms with Crippen molar-refractivity contribution in [1.29, 1.82) is 0 Å². The van der Waals surface area contributed by atoms with Crippen molar-refractivity contribution >= 4 is 11.9 Å². The fraction of sp³-hybridized carbons (Fsp3) is 0.833. The average Bonchev–Trinajstić information content (AvgIpc) is 2.67. The normalized spacial score (nSPS) is 34.2. The van der Waals surface area contributed by atoms with Crippen LogP contribution in [-0.2, 0) is 9.59 Å². The Morgan fingerprint density at radius 1 is 1.35 bits per heavy atom. The number of aliphatic carboxylic acids is 1. The number of amides is 1. The first-order valence-electron chi connectivity index (χ1n) is 6.33. The molecule has 96 valence electrons. The van der Waals surface area contributed by atoms with Crippen LogP contribution in [-0.4, -0.2) is 40.0 Å². The molecule has 2 fully saturated rings. The molecule has 0 aromatic heterocycles. The molecule has 5 heteroatoms. The molecule has 1 saturated carbocycles. The molecule has 17 heavy (non-hydrogen) atoms. The molecule has 1 aliphatic carbocycles. The summed E-state index contributed by atoms with van der Waals surface area (Å²) in [6.45, 7) is 1.62. The van der Waals surface area contributed by atoms with Gasteiger partial charge in [-0.2, -0.15) is 0 Å². The minimum atomic E-state index is -0.895. The molecular weight excluding hydrogens is 220 g/mol. The zero-order valence-corrected chi connectivity index (χ0v) is 10.1. The predicted octanol–water partition coefficient (Wildman–Crippen LogP) is 0.578. The summed E-state index contributed by atoms with van der Waals surface area (Å²) in [5.41, 5.74) is 5.62. The Morgan fingerprint density at radius 2 is 2.00 bits per heavy atom. The van der Waals surface area contributed by atoms with Crippen LogP contribution in [0, 0.1) is 5.92 Å². The van der Waals surface area contributed by atoms with Crippen LogP contribution in [0.5, 0.6) is 0 Å². The summed E-state index contributed by atoms with van der Waals surface area (Å²) < 4.78 is 0. The molecule has 5 nitrogen and oxygen atoms in total. The van der Waals surface area contributed by atoms with Crippen LogP contribution in [0.15, 0.2) is 0 Å². The third-order valence-electron chi connectivity index (χ3n) is 4.02. The summed E-state index contributed by atoms with van der Waals surface area (Å²) in [5, 5.41) is 9.23. The van der Waals surface area contributed by atoms with E-state index in [1.807, 2.05) is 0 Å². The third-order valence-corrected chi connectivity index (χ3v) is 4.02. The second kappa shape index (κ2) is 4.64. The molecule has 0 spiro atoms. The minimum absolute atomic E-state index is 0.100. The maximum atomic E-state index is 12.1. The monoisotopic (exact) mass is 240 g/mol. The first-order chi connectivity index (χ1) is 8.02. The molecule has 1 amide bonds. The van der Waals surface area contributed by atoms with E-state index in [1.54, 1.807) is 11.8 Å². The number of hydrogen-bond acceptors (Lipinski definition) is 3. The minimum Gasteiger partial charge on any atom is -0.480 e. The Hall–Kier alpha value is -1.10. The molecular formula is C12H20N2O3. The van der Waals surface area contributed by atoms with Crippen molar-refractivity contribution in [3.63, 3.8) is 0 Å². The molecule has 2 aliphatic rings. The van der Waals surface area contributed by atoms with Crippen LogP contribution >= 0.6 is 0 Å². The van der Waals surface area contributed by atoms with Crippen LogP contribution in [0.2, 0.25) is 0 Å². The Labute approximate surface area is 101 Å². The van der Waals surface area contributed by atoms with Crippen LogP contribution in [0.25, 0.3) is 0 Å². The summed E-state index contributed by atoms with van der Waals surface area (Å²) >= 11 is 0. The van der Waals surface area contributed by atoms with Crippen molar-refractivity contribution < 1.29 is 14.7 Å². The van der Waals surface area contributed by atoms with Gasteiger partial charge in [-0.1, -0.05) is 12.8 Å². The first-order valence-corrected chi connectivity index (χ1v) is 6.33. The number of rotatable bonds is 2. The lowest BCUT2D eigenvalue weighted by atomic mass is 9.84. The van der Waals surface area contributed by atoms with Gasteiger partial charge in [0.15, 0.2) is 0 Å². The van der Waals surface area contributed by atoms with E-state index in [1.165, 1.54) is 0 Å². The van der Waals surface area contributed by atoms with Crippen LogP contribution in [0.1, 0.15) is 39.0 Å². The lowest BCUT2D eigenvalue weighted by molar-refractivity contribution is -0.150. The lowest BCUT2D eigenvalue weighted by Gasteiger charge is -2.33. The fourth-order valence-electron chi connectivity index (χ4n) is 3.23. The van der Waals surface area contributed by atoms with Gasteiger partial charge in [-0.05, 0) is 32.1 Å². The van der Waals surface area contributed by atoms with E-state index in [-0.39, 0.29) is 11.9 Å². The quantitative estimate of drug-likeness (QED) is 0.739. The van der Waals surface area contributed by atoms with Gasteiger partial charge in [-0.3, -0.25) is 4.79 Å². The molecule has 2 rings (SSSR count). The maximum absolute atomic E-state index is 12.1. The zero-order chi connectivity index (χ0) is 12.6. The topological polar surface area (TPSA) is 83.6 Å². The van der Waals surface area contributed by atoms with Gasteiger partial charge in [0.1, 0.15) is 6.04 Å². The average molecular weight is 240 g/mol. The summed E-state index contributed by atoms with van der Waals surface area (Å²) in [5.74, 6) is -0.757. The maximum Gasteiger partial charge on any atom is 0.326 e. The van der Waals surface area contributed by atoms with Crippen molar-refractivity contribution in [2.45, 2.75) is 57.2 Å². The lowest BCUT2D eigenvalue weighted by Crippen LogP contribution is -2.51. The second-order valence-electron chi connectivity index (χ2n) is 5.24. The molecule has 0 radical (unpaired) electrons. The van der Waals surface area contributed by atoms with Gasteiger partial charge in [-0.15, -0.1) is 0 Å². The highest BCUT2D eigenvalue weighted by Crippen LogP contribution is 2.39. The SMILES string of the molecule is C[C@H](N)C(=O)N1C(C(=O)O)CC2CCCCC21. The fourth-order valence-corrected chi connectivity index (χ4v) is 3.23. The predicted molar refractivity (Wildman–Crippen MR) is 62.3 cm³/mol. The Bertz CT molecular complexity index is 330. The highest BCUT2D eigenvalue weighted by Gasteiger charge is 2.47. The summed E-state index contributed by atoms with van der Waals surface area (Å²) in [6.07, 6.45) is 4.78.